The summed E-state index contributed by atoms with van der Waals surface area (Å²) in [6.45, 7) is 4.61. The molecule has 2 N–H and O–H groups in total. The van der Waals surface area contributed by atoms with E-state index < -0.39 is 5.60 Å². The second-order valence-electron chi connectivity index (χ2n) is 5.27. The van der Waals surface area contributed by atoms with Crippen LogP contribution in [-0.2, 0) is 6.54 Å². The van der Waals surface area contributed by atoms with Gasteiger partial charge in [0.15, 0.2) is 11.5 Å². The largest absolute Gasteiger partial charge is 0.493 e. The number of hydrogen-bond donors (Lipinski definition) is 2. The second kappa shape index (κ2) is 7.36. The van der Waals surface area contributed by atoms with E-state index in [1.54, 1.807) is 28.1 Å². The molecule has 0 bridgehead atoms. The standard InChI is InChI=1S/C15H25NO4/c1-15(2,17)6-7-20-14-12(18-4)8-11(10-16-3)9-13(14)19-5/h8-9,16-17H,6-7,10H2,1-5H3. The number of ether oxygens (including phenoxy) is 3. The average molecular weight is 283 g/mol. The Bertz CT molecular complexity index is 401. The van der Waals surface area contributed by atoms with Crippen molar-refractivity contribution in [1.82, 2.24) is 5.32 Å². The van der Waals surface area contributed by atoms with Crippen molar-refractivity contribution < 1.29 is 19.3 Å². The Kier molecular flexibility index (Phi) is 6.10. The molecule has 0 amide bonds. The zero-order chi connectivity index (χ0) is 15.2. The number of hydrogen-bond acceptors (Lipinski definition) is 5. The maximum absolute atomic E-state index is 9.71. The summed E-state index contributed by atoms with van der Waals surface area (Å²) in [6.07, 6.45) is 0.525. The summed E-state index contributed by atoms with van der Waals surface area (Å²) in [7, 11) is 5.08. The molecule has 0 spiro atoms. The smallest absolute Gasteiger partial charge is 0.203 e. The summed E-state index contributed by atoms with van der Waals surface area (Å²) in [5.74, 6) is 1.83. The second-order valence-corrected chi connectivity index (χ2v) is 5.27. The van der Waals surface area contributed by atoms with Crippen molar-refractivity contribution in [2.45, 2.75) is 32.4 Å². The van der Waals surface area contributed by atoms with Gasteiger partial charge in [-0.2, -0.15) is 0 Å². The normalized spacial score (nSPS) is 11.3. The fourth-order valence-electron chi connectivity index (χ4n) is 1.79. The molecular weight excluding hydrogens is 258 g/mol. The molecule has 0 aliphatic rings. The van der Waals surface area contributed by atoms with Gasteiger partial charge in [0, 0.05) is 13.0 Å². The van der Waals surface area contributed by atoms with Gasteiger partial charge >= 0.3 is 0 Å². The lowest BCUT2D eigenvalue weighted by Crippen LogP contribution is -2.22. The molecule has 0 unspecified atom stereocenters. The van der Waals surface area contributed by atoms with Gasteiger partial charge in [0.1, 0.15) is 0 Å². The van der Waals surface area contributed by atoms with E-state index in [9.17, 15) is 5.11 Å². The monoisotopic (exact) mass is 283 g/mol. The van der Waals surface area contributed by atoms with Crippen LogP contribution < -0.4 is 19.5 Å². The van der Waals surface area contributed by atoms with Gasteiger partial charge in [-0.1, -0.05) is 0 Å². The van der Waals surface area contributed by atoms with E-state index >= 15 is 0 Å². The van der Waals surface area contributed by atoms with Crippen LogP contribution in [0.15, 0.2) is 12.1 Å². The van der Waals surface area contributed by atoms with Crippen LogP contribution in [-0.4, -0.2) is 38.6 Å². The molecule has 0 aliphatic heterocycles. The maximum atomic E-state index is 9.71. The quantitative estimate of drug-likeness (QED) is 0.764. The Morgan fingerprint density at radius 3 is 2.10 bits per heavy atom. The molecule has 0 radical (unpaired) electrons. The average Bonchev–Trinajstić information content (AvgIpc) is 2.38. The lowest BCUT2D eigenvalue weighted by atomic mass is 10.1. The molecule has 1 rings (SSSR count). The van der Waals surface area contributed by atoms with Crippen LogP contribution in [0.2, 0.25) is 0 Å². The molecule has 0 heterocycles. The molecule has 5 heteroatoms. The first-order valence-electron chi connectivity index (χ1n) is 6.66. The number of rotatable bonds is 8. The van der Waals surface area contributed by atoms with E-state index in [0.717, 1.165) is 12.1 Å². The highest BCUT2D eigenvalue weighted by molar-refractivity contribution is 5.53. The van der Waals surface area contributed by atoms with Crippen LogP contribution >= 0.6 is 0 Å². The molecule has 1 aromatic rings. The first-order valence-corrected chi connectivity index (χ1v) is 6.66. The number of benzene rings is 1. The molecule has 0 atom stereocenters. The number of nitrogens with one attached hydrogen (secondary N) is 1. The van der Waals surface area contributed by atoms with Gasteiger partial charge in [-0.3, -0.25) is 0 Å². The first kappa shape index (κ1) is 16.6. The Morgan fingerprint density at radius 1 is 1.15 bits per heavy atom. The van der Waals surface area contributed by atoms with E-state index in [0.29, 0.717) is 30.3 Å². The summed E-state index contributed by atoms with van der Waals surface area (Å²) >= 11 is 0. The predicted molar refractivity (Wildman–Crippen MR) is 78.7 cm³/mol. The Morgan fingerprint density at radius 2 is 1.70 bits per heavy atom. The summed E-state index contributed by atoms with van der Waals surface area (Å²) in [4.78, 5) is 0. The van der Waals surface area contributed by atoms with E-state index in [1.807, 2.05) is 19.2 Å². The molecule has 114 valence electrons. The lowest BCUT2D eigenvalue weighted by molar-refractivity contribution is 0.0544. The maximum Gasteiger partial charge on any atom is 0.203 e. The van der Waals surface area contributed by atoms with Gasteiger partial charge in [0.2, 0.25) is 5.75 Å². The zero-order valence-electron chi connectivity index (χ0n) is 12.9. The van der Waals surface area contributed by atoms with Crippen LogP contribution in [0.25, 0.3) is 0 Å². The summed E-state index contributed by atoms with van der Waals surface area (Å²) in [6, 6.07) is 3.83. The van der Waals surface area contributed by atoms with E-state index in [4.69, 9.17) is 14.2 Å². The minimum Gasteiger partial charge on any atom is -0.493 e. The van der Waals surface area contributed by atoms with Crippen LogP contribution in [0.5, 0.6) is 17.2 Å². The van der Waals surface area contributed by atoms with E-state index in [-0.39, 0.29) is 0 Å². The third-order valence-electron chi connectivity index (χ3n) is 2.86. The molecular formula is C15H25NO4. The molecule has 20 heavy (non-hydrogen) atoms. The summed E-state index contributed by atoms with van der Waals surface area (Å²) < 4.78 is 16.5. The van der Waals surface area contributed by atoms with Crippen molar-refractivity contribution in [1.29, 1.82) is 0 Å². The Balaban J connectivity index is 2.92. The Hall–Kier alpha value is -1.46. The van der Waals surface area contributed by atoms with Crippen molar-refractivity contribution in [3.63, 3.8) is 0 Å². The lowest BCUT2D eigenvalue weighted by Gasteiger charge is -2.19. The highest BCUT2D eigenvalue weighted by Gasteiger charge is 2.17. The third kappa shape index (κ3) is 4.90. The van der Waals surface area contributed by atoms with Gasteiger partial charge in [-0.05, 0) is 38.6 Å². The van der Waals surface area contributed by atoms with Gasteiger partial charge in [-0.25, -0.2) is 0 Å². The molecule has 0 aromatic heterocycles. The molecule has 0 saturated heterocycles. The van der Waals surface area contributed by atoms with Crippen molar-refractivity contribution in [3.8, 4) is 17.2 Å². The van der Waals surface area contributed by atoms with Crippen molar-refractivity contribution >= 4 is 0 Å². The topological polar surface area (TPSA) is 60.0 Å². The fourth-order valence-corrected chi connectivity index (χ4v) is 1.79. The zero-order valence-corrected chi connectivity index (χ0v) is 12.9. The third-order valence-corrected chi connectivity index (χ3v) is 2.86. The first-order chi connectivity index (χ1) is 9.41. The van der Waals surface area contributed by atoms with Crippen LogP contribution in [0, 0.1) is 0 Å². The molecule has 0 saturated carbocycles. The summed E-state index contributed by atoms with van der Waals surface area (Å²) in [5.41, 5.74) is 0.294. The minimum atomic E-state index is -0.757. The number of methoxy groups -OCH3 is 2. The Labute approximate surface area is 120 Å². The van der Waals surface area contributed by atoms with Gasteiger partial charge in [0.05, 0.1) is 26.4 Å². The van der Waals surface area contributed by atoms with Gasteiger partial charge < -0.3 is 24.6 Å². The minimum absolute atomic E-state index is 0.390. The van der Waals surface area contributed by atoms with Gasteiger partial charge in [-0.15, -0.1) is 0 Å². The summed E-state index contributed by atoms with van der Waals surface area (Å²) in [5, 5.41) is 12.8. The SMILES string of the molecule is CNCc1cc(OC)c(OCCC(C)(C)O)c(OC)c1. The molecule has 1 aromatic carbocycles. The molecule has 5 nitrogen and oxygen atoms in total. The van der Waals surface area contributed by atoms with E-state index in [1.165, 1.54) is 0 Å². The van der Waals surface area contributed by atoms with Crippen LogP contribution in [0.4, 0.5) is 0 Å². The van der Waals surface area contributed by atoms with Crippen LogP contribution in [0.1, 0.15) is 25.8 Å². The highest BCUT2D eigenvalue weighted by atomic mass is 16.5. The van der Waals surface area contributed by atoms with Crippen LogP contribution in [0.3, 0.4) is 0 Å². The van der Waals surface area contributed by atoms with Crippen molar-refractivity contribution in [3.05, 3.63) is 17.7 Å². The number of aliphatic hydroxyl groups is 1. The predicted octanol–water partition coefficient (Wildman–Crippen LogP) is 1.96. The van der Waals surface area contributed by atoms with E-state index in [2.05, 4.69) is 5.32 Å². The molecule has 0 aliphatic carbocycles. The van der Waals surface area contributed by atoms with Gasteiger partial charge in [0.25, 0.3) is 0 Å². The fraction of sp³-hybridized carbons (Fsp3) is 0.600. The van der Waals surface area contributed by atoms with Crippen molar-refractivity contribution in [2.24, 2.45) is 0 Å². The molecule has 0 fully saturated rings. The van der Waals surface area contributed by atoms with Crippen molar-refractivity contribution in [2.75, 3.05) is 27.9 Å². The highest BCUT2D eigenvalue weighted by Crippen LogP contribution is 2.38.